The summed E-state index contributed by atoms with van der Waals surface area (Å²) in [5, 5.41) is 0.446. The first-order chi connectivity index (χ1) is 16.8. The number of para-hydroxylation sites is 1. The second-order valence-electron chi connectivity index (χ2n) is 8.53. The molecule has 35 heavy (non-hydrogen) atoms. The molecule has 1 aromatic heterocycles. The molecular weight excluding hydrogens is 473 g/mol. The van der Waals surface area contributed by atoms with E-state index < -0.39 is 23.4 Å². The maximum absolute atomic E-state index is 15.1. The van der Waals surface area contributed by atoms with Crippen LogP contribution >= 0.6 is 12.6 Å². The number of cyclic esters (lactones) is 1. The number of amides is 3. The van der Waals surface area contributed by atoms with Crippen LogP contribution in [0.25, 0.3) is 10.9 Å². The van der Waals surface area contributed by atoms with E-state index in [0.29, 0.717) is 43.2 Å². The van der Waals surface area contributed by atoms with Crippen LogP contribution in [0.1, 0.15) is 10.5 Å². The van der Waals surface area contributed by atoms with E-state index >= 15 is 4.39 Å². The highest BCUT2D eigenvalue weighted by molar-refractivity contribution is 7.96. The lowest BCUT2D eigenvalue weighted by Crippen LogP contribution is -2.49. The van der Waals surface area contributed by atoms with Crippen LogP contribution in [-0.2, 0) is 4.74 Å². The average Bonchev–Trinajstić information content (AvgIpc) is 3.47. The third kappa shape index (κ3) is 4.39. The van der Waals surface area contributed by atoms with Gasteiger partial charge in [-0.2, -0.15) is 0 Å². The lowest BCUT2D eigenvalue weighted by atomic mass is 10.2. The van der Waals surface area contributed by atoms with Crippen molar-refractivity contribution in [1.82, 2.24) is 14.8 Å². The zero-order chi connectivity index (χ0) is 24.7. The van der Waals surface area contributed by atoms with Crippen molar-refractivity contribution >= 4 is 52.1 Å². The number of carbonyl (C=O) groups excluding carboxylic acids is 3. The minimum absolute atomic E-state index is 0.0783. The number of likely N-dealkylation sites (N-methyl/N-ethyl adjacent to an activating group) is 1. The molecular formula is C24H24FN5O4S. The van der Waals surface area contributed by atoms with Gasteiger partial charge in [0, 0.05) is 44.1 Å². The number of hydrogen-bond acceptors (Lipinski definition) is 5. The molecule has 2 aromatic carbocycles. The standard InChI is InChI=1S/C24H24FN5O4S/c1-27(24(33)35)21-14-30(23(32)34-21)16-6-7-20(17(25)13-16)28-8-10-29(11-9-28)22(31)19-12-15-4-2-3-5-18(15)26-19/h2-7,12-13,21,26H,8-11,14H2,1H3,(H,33,35). The van der Waals surface area contributed by atoms with E-state index in [1.807, 2.05) is 35.2 Å². The number of piperazine rings is 1. The van der Waals surface area contributed by atoms with Gasteiger partial charge in [-0.15, -0.1) is 0 Å². The Morgan fingerprint density at radius 1 is 1.11 bits per heavy atom. The van der Waals surface area contributed by atoms with Gasteiger partial charge in [-0.25, -0.2) is 9.18 Å². The highest BCUT2D eigenvalue weighted by Gasteiger charge is 2.36. The van der Waals surface area contributed by atoms with E-state index in [2.05, 4.69) is 17.6 Å². The van der Waals surface area contributed by atoms with Gasteiger partial charge in [0.25, 0.3) is 11.1 Å². The first kappa shape index (κ1) is 23.0. The zero-order valence-electron chi connectivity index (χ0n) is 19.0. The summed E-state index contributed by atoms with van der Waals surface area (Å²) in [6, 6.07) is 14.1. The predicted octanol–water partition coefficient (Wildman–Crippen LogP) is 3.53. The fraction of sp³-hybridized carbons (Fsp3) is 0.292. The smallest absolute Gasteiger partial charge is 0.416 e. The first-order valence-electron chi connectivity index (χ1n) is 11.2. The van der Waals surface area contributed by atoms with Crippen LogP contribution in [0.3, 0.4) is 0 Å². The van der Waals surface area contributed by atoms with Crippen LogP contribution in [-0.4, -0.2) is 78.0 Å². The number of thiol groups is 1. The maximum Gasteiger partial charge on any atom is 0.416 e. The van der Waals surface area contributed by atoms with E-state index in [0.717, 1.165) is 10.9 Å². The Hall–Kier alpha value is -3.73. The second kappa shape index (κ2) is 9.14. The van der Waals surface area contributed by atoms with Gasteiger partial charge in [-0.3, -0.25) is 19.4 Å². The number of H-pyrrole nitrogens is 1. The molecule has 0 saturated carbocycles. The van der Waals surface area contributed by atoms with Crippen LogP contribution in [0.4, 0.5) is 25.4 Å². The normalized spacial score (nSPS) is 18.2. The number of nitrogens with zero attached hydrogens (tertiary/aromatic N) is 4. The molecule has 2 fully saturated rings. The molecule has 1 atom stereocenters. The van der Waals surface area contributed by atoms with Gasteiger partial charge >= 0.3 is 6.09 Å². The number of anilines is 2. The molecule has 2 aliphatic rings. The minimum atomic E-state index is -0.793. The van der Waals surface area contributed by atoms with E-state index in [-0.39, 0.29) is 12.5 Å². The Morgan fingerprint density at radius 2 is 1.86 bits per heavy atom. The van der Waals surface area contributed by atoms with Crippen molar-refractivity contribution in [3.63, 3.8) is 0 Å². The monoisotopic (exact) mass is 497 g/mol. The van der Waals surface area contributed by atoms with Crippen molar-refractivity contribution in [3.8, 4) is 0 Å². The SMILES string of the molecule is CN(C(=O)S)C1CN(c2ccc(N3CCN(C(=O)c4cc5ccccc5[nH]4)CC3)c(F)c2)C(=O)O1. The Balaban J connectivity index is 1.23. The van der Waals surface area contributed by atoms with E-state index in [1.54, 1.807) is 17.0 Å². The number of benzene rings is 2. The van der Waals surface area contributed by atoms with Crippen molar-refractivity contribution in [1.29, 1.82) is 0 Å². The van der Waals surface area contributed by atoms with Crippen molar-refractivity contribution in [2.75, 3.05) is 49.6 Å². The molecule has 0 aliphatic carbocycles. The van der Waals surface area contributed by atoms with Crippen molar-refractivity contribution in [2.45, 2.75) is 6.23 Å². The number of carbonyl (C=O) groups is 3. The number of rotatable bonds is 4. The molecule has 2 aliphatic heterocycles. The van der Waals surface area contributed by atoms with Gasteiger partial charge in [-0.05, 0) is 30.3 Å². The second-order valence-corrected chi connectivity index (χ2v) is 8.91. The van der Waals surface area contributed by atoms with Crippen LogP contribution in [0.15, 0.2) is 48.5 Å². The molecule has 2 saturated heterocycles. The number of ether oxygens (including phenoxy) is 1. The summed E-state index contributed by atoms with van der Waals surface area (Å²) < 4.78 is 20.3. The van der Waals surface area contributed by atoms with E-state index in [1.165, 1.54) is 22.9 Å². The molecule has 5 rings (SSSR count). The van der Waals surface area contributed by atoms with Crippen LogP contribution < -0.4 is 9.80 Å². The molecule has 0 radical (unpaired) electrons. The summed E-state index contributed by atoms with van der Waals surface area (Å²) in [7, 11) is 1.48. The Kier molecular flexibility index (Phi) is 6.01. The molecule has 0 spiro atoms. The third-order valence-corrected chi connectivity index (χ3v) is 6.76. The fourth-order valence-corrected chi connectivity index (χ4v) is 4.54. The number of halogens is 1. The largest absolute Gasteiger partial charge is 0.423 e. The number of aromatic amines is 1. The van der Waals surface area contributed by atoms with Crippen molar-refractivity contribution < 1.29 is 23.5 Å². The third-order valence-electron chi connectivity index (χ3n) is 6.44. The molecule has 1 N–H and O–H groups in total. The molecule has 3 aromatic rings. The summed E-state index contributed by atoms with van der Waals surface area (Å²) in [5.41, 5.74) is 2.19. The predicted molar refractivity (Wildman–Crippen MR) is 133 cm³/mol. The molecule has 0 bridgehead atoms. The van der Waals surface area contributed by atoms with Crippen LogP contribution in [0.2, 0.25) is 0 Å². The average molecular weight is 498 g/mol. The van der Waals surface area contributed by atoms with Gasteiger partial charge < -0.3 is 19.5 Å². The molecule has 3 amide bonds. The van der Waals surface area contributed by atoms with Gasteiger partial charge in [0.15, 0.2) is 6.23 Å². The van der Waals surface area contributed by atoms with Crippen LogP contribution in [0, 0.1) is 5.82 Å². The topological polar surface area (TPSA) is 89.2 Å². The van der Waals surface area contributed by atoms with Gasteiger partial charge in [0.1, 0.15) is 11.5 Å². The molecule has 182 valence electrons. The van der Waals surface area contributed by atoms with Gasteiger partial charge in [0.05, 0.1) is 17.9 Å². The zero-order valence-corrected chi connectivity index (χ0v) is 19.9. The fourth-order valence-electron chi connectivity index (χ4n) is 4.41. The molecule has 1 unspecified atom stereocenters. The van der Waals surface area contributed by atoms with Crippen LogP contribution in [0.5, 0.6) is 0 Å². The molecule has 9 nitrogen and oxygen atoms in total. The number of nitrogens with one attached hydrogen (secondary N) is 1. The number of hydrogen-bond donors (Lipinski definition) is 2. The first-order valence-corrected chi connectivity index (χ1v) is 11.6. The van der Waals surface area contributed by atoms with E-state index in [9.17, 15) is 14.4 Å². The Labute approximate surface area is 206 Å². The van der Waals surface area contributed by atoms with Crippen molar-refractivity contribution in [2.24, 2.45) is 0 Å². The Bertz CT molecular complexity index is 1270. The van der Waals surface area contributed by atoms with Gasteiger partial charge in [-0.1, -0.05) is 30.8 Å². The van der Waals surface area contributed by atoms with E-state index in [4.69, 9.17) is 4.74 Å². The lowest BCUT2D eigenvalue weighted by molar-refractivity contribution is 0.0669. The summed E-state index contributed by atoms with van der Waals surface area (Å²) in [6.45, 7) is 1.95. The van der Waals surface area contributed by atoms with Crippen molar-refractivity contribution in [3.05, 3.63) is 60.0 Å². The minimum Gasteiger partial charge on any atom is -0.423 e. The van der Waals surface area contributed by atoms with Gasteiger partial charge in [0.2, 0.25) is 0 Å². The maximum atomic E-state index is 15.1. The Morgan fingerprint density at radius 3 is 2.54 bits per heavy atom. The highest BCUT2D eigenvalue weighted by atomic mass is 32.1. The number of fused-ring (bicyclic) bond motifs is 1. The molecule has 11 heteroatoms. The molecule has 3 heterocycles. The highest BCUT2D eigenvalue weighted by Crippen LogP contribution is 2.29. The summed E-state index contributed by atoms with van der Waals surface area (Å²) in [6.07, 6.45) is -1.45. The number of aromatic nitrogens is 1. The summed E-state index contributed by atoms with van der Waals surface area (Å²) in [4.78, 5) is 45.9. The quantitative estimate of drug-likeness (QED) is 0.539. The summed E-state index contributed by atoms with van der Waals surface area (Å²) in [5.74, 6) is -0.559. The summed E-state index contributed by atoms with van der Waals surface area (Å²) >= 11 is 3.74. The lowest BCUT2D eigenvalue weighted by Gasteiger charge is -2.36.